The first-order valence-corrected chi connectivity index (χ1v) is 1.69. The third kappa shape index (κ3) is 0.165. The molecule has 0 amide bonds. The molecule has 0 aromatic carbocycles. The molecule has 0 aromatic heterocycles. The Morgan fingerprint density at radius 1 is 1.67 bits per heavy atom. The molecule has 6 heavy (non-hydrogen) atoms. The molecule has 1 fully saturated rings. The van der Waals surface area contributed by atoms with Gasteiger partial charge in [-0.2, -0.15) is 0 Å². The highest BCUT2D eigenvalue weighted by molar-refractivity contribution is 5.32. The molecule has 2 rings (SSSR count). The van der Waals surface area contributed by atoms with Crippen molar-refractivity contribution in [3.63, 3.8) is 0 Å². The van der Waals surface area contributed by atoms with E-state index in [4.69, 9.17) is 0 Å². The predicted octanol–water partition coefficient (Wildman–Crippen LogP) is -0.478. The first-order valence-electron chi connectivity index (χ1n) is 1.69. The zero-order chi connectivity index (χ0) is 3.28. The highest BCUT2D eigenvalue weighted by Crippen LogP contribution is 2.18. The minimum Gasteiger partial charge on any atom is -0.365 e. The van der Waals surface area contributed by atoms with Gasteiger partial charge in [0.2, 0.25) is 0 Å². The second kappa shape index (κ2) is 0.680. The van der Waals surface area contributed by atoms with E-state index in [1.165, 1.54) is 5.70 Å². The Morgan fingerprint density at radius 3 is 2.33 bits per heavy atom. The van der Waals surface area contributed by atoms with Crippen molar-refractivity contribution >= 4 is 0 Å². The van der Waals surface area contributed by atoms with Gasteiger partial charge in [0.25, 0.3) is 0 Å². The van der Waals surface area contributed by atoms with E-state index in [0.29, 0.717) is 6.17 Å². The lowest BCUT2D eigenvalue weighted by atomic mass is 10.5. The Balaban J connectivity index is 0.000000180. The van der Waals surface area contributed by atoms with Crippen molar-refractivity contribution in [2.24, 2.45) is 0 Å². The predicted molar refractivity (Wildman–Crippen MR) is 23.2 cm³/mol. The minimum absolute atomic E-state index is 0. The van der Waals surface area contributed by atoms with Crippen LogP contribution in [0.1, 0.15) is 0 Å². The van der Waals surface area contributed by atoms with Crippen LogP contribution in [0.3, 0.4) is 0 Å². The van der Waals surface area contributed by atoms with Crippen molar-refractivity contribution in [3.8, 4) is 0 Å². The fraction of sp³-hybridized carbons (Fsp3) is 0.333. The molecule has 0 bridgehead atoms. The maximum atomic E-state index is 3.06. The van der Waals surface area contributed by atoms with E-state index in [1.54, 1.807) is 0 Å². The highest BCUT2D eigenvalue weighted by Gasteiger charge is 2.34. The Hall–Kier alpha value is -0.700. The summed E-state index contributed by atoms with van der Waals surface area (Å²) in [5.74, 6) is 0. The lowest BCUT2D eigenvalue weighted by molar-refractivity contribution is 0.817. The van der Waals surface area contributed by atoms with Gasteiger partial charge >= 0.3 is 0 Å². The first-order chi connectivity index (χ1) is 2.47. The summed E-state index contributed by atoms with van der Waals surface area (Å²) in [7, 11) is 0. The van der Waals surface area contributed by atoms with Crippen LogP contribution in [0.15, 0.2) is 11.9 Å². The largest absolute Gasteiger partial charge is 0.365 e. The Bertz CT molecular complexity index is 94.2. The van der Waals surface area contributed by atoms with Gasteiger partial charge < -0.3 is 16.8 Å². The maximum absolute atomic E-state index is 3.06. The molecule has 0 spiro atoms. The molecular weight excluding hydrogens is 78.1 g/mol. The van der Waals surface area contributed by atoms with Gasteiger partial charge in [-0.05, 0) is 0 Å². The van der Waals surface area contributed by atoms with E-state index in [-0.39, 0.29) is 6.15 Å². The fourth-order valence-electron chi connectivity index (χ4n) is 0.458. The second-order valence-corrected chi connectivity index (χ2v) is 1.34. The summed E-state index contributed by atoms with van der Waals surface area (Å²) in [6, 6.07) is 0. The molecule has 1 unspecified atom stereocenters. The summed E-state index contributed by atoms with van der Waals surface area (Å²) < 4.78 is 0. The van der Waals surface area contributed by atoms with Gasteiger partial charge in [-0.15, -0.1) is 0 Å². The third-order valence-corrected chi connectivity index (χ3v) is 0.944. The van der Waals surface area contributed by atoms with Crippen molar-refractivity contribution in [1.29, 1.82) is 0 Å². The zero-order valence-corrected chi connectivity index (χ0v) is 3.36. The molecule has 3 heteroatoms. The lowest BCUT2D eigenvalue weighted by Gasteiger charge is -1.94. The number of hydrogen-bond donors (Lipinski definition) is 3. The van der Waals surface area contributed by atoms with Gasteiger partial charge in [-0.1, -0.05) is 0 Å². The van der Waals surface area contributed by atoms with E-state index < -0.39 is 0 Å². The van der Waals surface area contributed by atoms with Crippen molar-refractivity contribution < 1.29 is 0 Å². The van der Waals surface area contributed by atoms with Crippen LogP contribution in [-0.2, 0) is 0 Å². The van der Waals surface area contributed by atoms with Crippen molar-refractivity contribution in [2.75, 3.05) is 0 Å². The van der Waals surface area contributed by atoms with Crippen LogP contribution in [0.2, 0.25) is 0 Å². The smallest absolute Gasteiger partial charge is 0.139 e. The first kappa shape index (κ1) is 3.49. The van der Waals surface area contributed by atoms with E-state index in [9.17, 15) is 0 Å². The van der Waals surface area contributed by atoms with Crippen molar-refractivity contribution in [2.45, 2.75) is 6.17 Å². The Morgan fingerprint density at radius 2 is 2.33 bits per heavy atom. The number of hydrogen-bond acceptors (Lipinski definition) is 3. The van der Waals surface area contributed by atoms with E-state index in [2.05, 4.69) is 10.6 Å². The van der Waals surface area contributed by atoms with Crippen LogP contribution in [0, 0.1) is 0 Å². The molecule has 0 radical (unpaired) electrons. The molecule has 1 atom stereocenters. The number of rotatable bonds is 0. The molecule has 0 aromatic rings. The van der Waals surface area contributed by atoms with Gasteiger partial charge in [0.05, 0.1) is 5.70 Å². The molecule has 2 aliphatic rings. The summed E-state index contributed by atoms with van der Waals surface area (Å²) in [5, 5.41) is 6.06. The molecule has 1 saturated heterocycles. The lowest BCUT2D eigenvalue weighted by Crippen LogP contribution is -2.16. The summed E-state index contributed by atoms with van der Waals surface area (Å²) in [4.78, 5) is 0. The van der Waals surface area contributed by atoms with Crippen LogP contribution in [-0.4, -0.2) is 6.17 Å². The number of nitrogens with one attached hydrogen (secondary N) is 2. The van der Waals surface area contributed by atoms with E-state index >= 15 is 0 Å². The molecule has 0 saturated carbocycles. The van der Waals surface area contributed by atoms with Gasteiger partial charge in [0.1, 0.15) is 6.17 Å². The summed E-state index contributed by atoms with van der Waals surface area (Å²) in [6.07, 6.45) is 2.57. The van der Waals surface area contributed by atoms with Crippen LogP contribution >= 0.6 is 0 Å². The average Bonchev–Trinajstić information content (AvgIpc) is 1.74. The summed E-state index contributed by atoms with van der Waals surface area (Å²) >= 11 is 0. The zero-order valence-electron chi connectivity index (χ0n) is 3.36. The summed E-state index contributed by atoms with van der Waals surface area (Å²) in [6.45, 7) is 0. The molecule has 34 valence electrons. The number of fused-ring (bicyclic) bond motifs is 1. The molecule has 0 aliphatic carbocycles. The van der Waals surface area contributed by atoms with Gasteiger partial charge in [0.15, 0.2) is 0 Å². The molecule has 2 heterocycles. The maximum Gasteiger partial charge on any atom is 0.139 e. The molecule has 2 aliphatic heterocycles. The van der Waals surface area contributed by atoms with E-state index in [0.717, 1.165) is 0 Å². The van der Waals surface area contributed by atoms with Crippen LogP contribution < -0.4 is 16.8 Å². The minimum atomic E-state index is 0. The Labute approximate surface area is 36.0 Å². The third-order valence-electron chi connectivity index (χ3n) is 0.944. The van der Waals surface area contributed by atoms with E-state index in [1.807, 2.05) is 6.20 Å². The SMILES string of the molecule is C1=C2NC2N1.N. The Kier molecular flexibility index (Phi) is 0.395. The standard InChI is InChI=1S/C3H4N2.H3N/c1-2-3(4-1)5-2;/h1,3-5H;1H3. The molecule has 3 nitrogen and oxygen atoms in total. The van der Waals surface area contributed by atoms with Crippen molar-refractivity contribution in [3.05, 3.63) is 11.9 Å². The van der Waals surface area contributed by atoms with Crippen LogP contribution in [0.5, 0.6) is 0 Å². The summed E-state index contributed by atoms with van der Waals surface area (Å²) in [5.41, 5.74) is 1.37. The quantitative estimate of drug-likeness (QED) is 0.348. The molecule has 5 N–H and O–H groups in total. The van der Waals surface area contributed by atoms with Crippen LogP contribution in [0.4, 0.5) is 0 Å². The van der Waals surface area contributed by atoms with Crippen LogP contribution in [0.25, 0.3) is 0 Å². The van der Waals surface area contributed by atoms with Crippen molar-refractivity contribution in [1.82, 2.24) is 16.8 Å². The second-order valence-electron chi connectivity index (χ2n) is 1.34. The highest BCUT2D eigenvalue weighted by atomic mass is 15.3. The van der Waals surface area contributed by atoms with Gasteiger partial charge in [-0.25, -0.2) is 0 Å². The van der Waals surface area contributed by atoms with Gasteiger partial charge in [0, 0.05) is 6.20 Å². The average molecular weight is 85.1 g/mol. The monoisotopic (exact) mass is 85.1 g/mol. The van der Waals surface area contributed by atoms with Gasteiger partial charge in [-0.3, -0.25) is 0 Å². The fourth-order valence-corrected chi connectivity index (χ4v) is 0.458. The topological polar surface area (TPSA) is 69.0 Å². The molecular formula is C3H7N3. The normalized spacial score (nSPS) is 32.0.